The highest BCUT2D eigenvalue weighted by Crippen LogP contribution is 2.24. The fraction of sp³-hybridized carbons (Fsp3) is 0.280. The Kier molecular flexibility index (Phi) is 6.62. The predicted octanol–water partition coefficient (Wildman–Crippen LogP) is 2.92. The van der Waals surface area contributed by atoms with Crippen LogP contribution in [-0.2, 0) is 22.6 Å². The van der Waals surface area contributed by atoms with Crippen LogP contribution < -0.4 is 11.1 Å². The van der Waals surface area contributed by atoms with Crippen LogP contribution in [0.3, 0.4) is 0 Å². The van der Waals surface area contributed by atoms with Gasteiger partial charge in [0.25, 0.3) is 0 Å². The van der Waals surface area contributed by atoms with E-state index in [0.717, 1.165) is 27.5 Å². The van der Waals surface area contributed by atoms with Crippen LogP contribution in [0.5, 0.6) is 0 Å². The zero-order valence-electron chi connectivity index (χ0n) is 19.7. The maximum absolute atomic E-state index is 13.3. The summed E-state index contributed by atoms with van der Waals surface area (Å²) in [4.78, 5) is 40.7. The number of methoxy groups -OCH3 is 1. The summed E-state index contributed by atoms with van der Waals surface area (Å²) in [5.74, 6) is 0.384. The fourth-order valence-electron chi connectivity index (χ4n) is 4.64. The van der Waals surface area contributed by atoms with Gasteiger partial charge in [-0.1, -0.05) is 17.7 Å². The van der Waals surface area contributed by atoms with Crippen molar-refractivity contribution in [1.29, 1.82) is 0 Å². The molecule has 3 heterocycles. The van der Waals surface area contributed by atoms with Crippen molar-refractivity contribution in [2.75, 3.05) is 32.5 Å². The number of ether oxygens (including phenoxy) is 1. The number of aromatic nitrogens is 3. The number of nitrogens with one attached hydrogen (secondary N) is 2. The molecule has 1 atom stereocenters. The summed E-state index contributed by atoms with van der Waals surface area (Å²) in [7, 11) is 1.32. The molecule has 0 bridgehead atoms. The Labute approximate surface area is 212 Å². The van der Waals surface area contributed by atoms with Gasteiger partial charge in [-0.3, -0.25) is 9.69 Å². The first kappa shape index (κ1) is 23.8. The number of piperazine rings is 1. The normalized spacial score (nSPS) is 16.6. The monoisotopic (exact) mass is 507 g/mol. The van der Waals surface area contributed by atoms with Crippen LogP contribution in [0, 0.1) is 0 Å². The molecular weight excluding hydrogens is 482 g/mol. The molecule has 0 spiro atoms. The lowest BCUT2D eigenvalue weighted by Crippen LogP contribution is -2.59. The van der Waals surface area contributed by atoms with E-state index in [4.69, 9.17) is 22.1 Å². The highest BCUT2D eigenvalue weighted by Gasteiger charge is 2.33. The molecule has 10 nitrogen and oxygen atoms in total. The van der Waals surface area contributed by atoms with Crippen LogP contribution in [0.2, 0.25) is 5.02 Å². The molecule has 11 heteroatoms. The van der Waals surface area contributed by atoms with Crippen molar-refractivity contribution in [2.24, 2.45) is 0 Å². The second kappa shape index (κ2) is 10.00. The van der Waals surface area contributed by atoms with E-state index in [1.54, 1.807) is 4.90 Å². The number of H-pyrrole nitrogens is 1. The van der Waals surface area contributed by atoms with E-state index in [1.165, 1.54) is 13.4 Å². The minimum Gasteiger partial charge on any atom is -0.453 e. The lowest BCUT2D eigenvalue weighted by Gasteiger charge is -2.41. The van der Waals surface area contributed by atoms with Gasteiger partial charge in [-0.15, -0.1) is 0 Å². The number of carbonyl (C=O) groups excluding carboxylic acids is 2. The van der Waals surface area contributed by atoms with Crippen LogP contribution in [0.4, 0.5) is 10.6 Å². The number of halogens is 1. The molecule has 0 radical (unpaired) electrons. The van der Waals surface area contributed by atoms with Crippen molar-refractivity contribution in [3.05, 3.63) is 65.1 Å². The topological polar surface area (TPSA) is 129 Å². The standard InChI is InChI=1S/C25H26ClN7O3/c1-36-25(35)28-9-19-12-32(11-18-8-16-7-17(26)3-5-21(16)31-18)13-23(34)33(19)10-15-2-4-20-22(6-15)29-14-30-24(20)27/h2-8,14,19,31H,9-13H2,1H3,(H,28,35)(H2,27,29,30). The average Bonchev–Trinajstić information content (AvgIpc) is 3.25. The van der Waals surface area contributed by atoms with Crippen molar-refractivity contribution in [3.8, 4) is 0 Å². The molecule has 1 unspecified atom stereocenters. The molecule has 36 heavy (non-hydrogen) atoms. The lowest BCUT2D eigenvalue weighted by atomic mass is 10.1. The number of fused-ring (bicyclic) bond motifs is 2. The number of amides is 2. The summed E-state index contributed by atoms with van der Waals surface area (Å²) in [5, 5.41) is 5.21. The summed E-state index contributed by atoms with van der Waals surface area (Å²) in [6.45, 7) is 2.04. The third kappa shape index (κ3) is 5.05. The van der Waals surface area contributed by atoms with Gasteiger partial charge in [0.1, 0.15) is 12.1 Å². The number of alkyl carbamates (subject to hydrolysis) is 1. The molecule has 2 aromatic carbocycles. The van der Waals surface area contributed by atoms with Crippen molar-refractivity contribution in [1.82, 2.24) is 30.1 Å². The zero-order chi connectivity index (χ0) is 25.2. The van der Waals surface area contributed by atoms with Crippen molar-refractivity contribution in [3.63, 3.8) is 0 Å². The molecule has 0 saturated carbocycles. The maximum atomic E-state index is 13.3. The number of nitrogen functional groups attached to an aromatic ring is 1. The third-order valence-electron chi connectivity index (χ3n) is 6.37. The summed E-state index contributed by atoms with van der Waals surface area (Å²) in [6.07, 6.45) is 0.886. The van der Waals surface area contributed by atoms with E-state index in [0.29, 0.717) is 36.0 Å². The van der Waals surface area contributed by atoms with Crippen molar-refractivity contribution in [2.45, 2.75) is 19.1 Å². The van der Waals surface area contributed by atoms with E-state index in [9.17, 15) is 9.59 Å². The maximum Gasteiger partial charge on any atom is 0.406 e. The van der Waals surface area contributed by atoms with Crippen LogP contribution in [-0.4, -0.2) is 69.5 Å². The summed E-state index contributed by atoms with van der Waals surface area (Å²) < 4.78 is 4.74. The van der Waals surface area contributed by atoms with Gasteiger partial charge in [0.2, 0.25) is 5.91 Å². The molecular formula is C25H26ClN7O3. The highest BCUT2D eigenvalue weighted by molar-refractivity contribution is 6.31. The van der Waals surface area contributed by atoms with Crippen LogP contribution in [0.15, 0.2) is 48.8 Å². The second-order valence-electron chi connectivity index (χ2n) is 8.85. The molecule has 4 N–H and O–H groups in total. The summed E-state index contributed by atoms with van der Waals surface area (Å²) >= 11 is 6.12. The third-order valence-corrected chi connectivity index (χ3v) is 6.61. The number of benzene rings is 2. The van der Waals surface area contributed by atoms with Gasteiger partial charge >= 0.3 is 6.09 Å². The first-order valence-corrected chi connectivity index (χ1v) is 11.9. The SMILES string of the molecule is COC(=O)NCC1CN(Cc2cc3cc(Cl)ccc3[nH]2)CC(=O)N1Cc1ccc2c(N)ncnc2c1. The van der Waals surface area contributed by atoms with E-state index >= 15 is 0 Å². The molecule has 1 aliphatic heterocycles. The first-order valence-electron chi connectivity index (χ1n) is 11.5. The summed E-state index contributed by atoms with van der Waals surface area (Å²) in [5.41, 5.74) is 9.55. The number of hydrogen-bond donors (Lipinski definition) is 3. The molecule has 2 aromatic heterocycles. The van der Waals surface area contributed by atoms with E-state index in [-0.39, 0.29) is 25.0 Å². The van der Waals surface area contributed by atoms with Gasteiger partial charge in [0.15, 0.2) is 0 Å². The number of aromatic amines is 1. The molecule has 5 rings (SSSR count). The second-order valence-corrected chi connectivity index (χ2v) is 9.29. The van der Waals surface area contributed by atoms with Gasteiger partial charge in [0.05, 0.1) is 25.2 Å². The fourth-order valence-corrected chi connectivity index (χ4v) is 4.82. The van der Waals surface area contributed by atoms with Crippen molar-refractivity contribution >= 4 is 51.2 Å². The minimum atomic E-state index is -0.537. The number of carbonyl (C=O) groups is 2. The predicted molar refractivity (Wildman–Crippen MR) is 137 cm³/mol. The molecule has 186 valence electrons. The Hall–Kier alpha value is -3.89. The molecule has 1 aliphatic rings. The quantitative estimate of drug-likeness (QED) is 0.366. The smallest absolute Gasteiger partial charge is 0.406 e. The molecule has 0 aliphatic carbocycles. The van der Waals surface area contributed by atoms with Gasteiger partial charge in [0, 0.05) is 53.2 Å². The minimum absolute atomic E-state index is 0.0284. The van der Waals surface area contributed by atoms with Crippen LogP contribution in [0.25, 0.3) is 21.8 Å². The van der Waals surface area contributed by atoms with Gasteiger partial charge < -0.3 is 25.7 Å². The molecule has 1 saturated heterocycles. The number of nitrogens with two attached hydrogens (primary N) is 1. The largest absolute Gasteiger partial charge is 0.453 e. The van der Waals surface area contributed by atoms with Gasteiger partial charge in [-0.25, -0.2) is 14.8 Å². The number of hydrogen-bond acceptors (Lipinski definition) is 7. The summed E-state index contributed by atoms with van der Waals surface area (Å²) in [6, 6.07) is 13.2. The zero-order valence-corrected chi connectivity index (χ0v) is 20.5. The average molecular weight is 508 g/mol. The van der Waals surface area contributed by atoms with Crippen LogP contribution >= 0.6 is 11.6 Å². The van der Waals surface area contributed by atoms with E-state index in [1.807, 2.05) is 42.5 Å². The van der Waals surface area contributed by atoms with E-state index in [2.05, 4.69) is 25.2 Å². The molecule has 4 aromatic rings. The Morgan fingerprint density at radius 1 is 1.22 bits per heavy atom. The Morgan fingerprint density at radius 3 is 2.92 bits per heavy atom. The molecule has 1 fully saturated rings. The Bertz CT molecular complexity index is 1440. The molecule has 2 amide bonds. The van der Waals surface area contributed by atoms with E-state index < -0.39 is 6.09 Å². The number of rotatable bonds is 6. The lowest BCUT2D eigenvalue weighted by molar-refractivity contribution is -0.140. The number of anilines is 1. The van der Waals surface area contributed by atoms with Crippen molar-refractivity contribution < 1.29 is 14.3 Å². The van der Waals surface area contributed by atoms with Gasteiger partial charge in [-0.2, -0.15) is 0 Å². The Balaban J connectivity index is 1.35. The Morgan fingerprint density at radius 2 is 2.08 bits per heavy atom. The van der Waals surface area contributed by atoms with Crippen LogP contribution in [0.1, 0.15) is 11.3 Å². The number of nitrogens with zero attached hydrogens (tertiary/aromatic N) is 4. The highest BCUT2D eigenvalue weighted by atomic mass is 35.5. The first-order chi connectivity index (χ1) is 17.4. The van der Waals surface area contributed by atoms with Gasteiger partial charge in [-0.05, 0) is 42.0 Å².